The highest BCUT2D eigenvalue weighted by Gasteiger charge is 2.35. The second-order valence-electron chi connectivity index (χ2n) is 6.20. The first-order valence-electron chi connectivity index (χ1n) is 7.93. The molecule has 1 aliphatic heterocycles. The molecule has 6 nitrogen and oxygen atoms in total. The molecule has 1 aromatic rings. The first-order chi connectivity index (χ1) is 10.6. The Morgan fingerprint density at radius 1 is 1.41 bits per heavy atom. The van der Waals surface area contributed by atoms with Gasteiger partial charge in [0.1, 0.15) is 5.82 Å². The fourth-order valence-electron chi connectivity index (χ4n) is 3.50. The molecule has 1 aliphatic carbocycles. The molecule has 22 heavy (non-hydrogen) atoms. The van der Waals surface area contributed by atoms with E-state index in [2.05, 4.69) is 10.3 Å². The van der Waals surface area contributed by atoms with Crippen molar-refractivity contribution in [3.8, 4) is 0 Å². The van der Waals surface area contributed by atoms with Crippen molar-refractivity contribution in [2.24, 2.45) is 11.7 Å². The predicted molar refractivity (Wildman–Crippen MR) is 83.3 cm³/mol. The van der Waals surface area contributed by atoms with Gasteiger partial charge in [0.25, 0.3) is 5.91 Å². The van der Waals surface area contributed by atoms with Crippen molar-refractivity contribution in [3.05, 3.63) is 23.9 Å². The van der Waals surface area contributed by atoms with Gasteiger partial charge in [0.15, 0.2) is 0 Å². The van der Waals surface area contributed by atoms with Crippen molar-refractivity contribution < 1.29 is 9.59 Å². The van der Waals surface area contributed by atoms with Gasteiger partial charge in [-0.25, -0.2) is 4.98 Å². The summed E-state index contributed by atoms with van der Waals surface area (Å²) >= 11 is 0. The van der Waals surface area contributed by atoms with Crippen LogP contribution in [-0.4, -0.2) is 40.8 Å². The number of carbonyl (C=O) groups is 2. The van der Waals surface area contributed by atoms with Crippen LogP contribution in [0.15, 0.2) is 18.3 Å². The zero-order chi connectivity index (χ0) is 15.5. The summed E-state index contributed by atoms with van der Waals surface area (Å²) in [5.41, 5.74) is 5.73. The molecule has 0 aromatic carbocycles. The number of nitrogens with zero attached hydrogens (tertiary/aromatic N) is 2. The Kier molecular flexibility index (Phi) is 4.27. The Balaban J connectivity index is 1.59. The van der Waals surface area contributed by atoms with E-state index in [1.54, 1.807) is 18.3 Å². The minimum Gasteiger partial charge on any atom is -0.369 e. The van der Waals surface area contributed by atoms with Gasteiger partial charge in [-0.1, -0.05) is 12.8 Å². The van der Waals surface area contributed by atoms with Crippen molar-refractivity contribution >= 4 is 17.6 Å². The highest BCUT2D eigenvalue weighted by Crippen LogP contribution is 2.29. The Morgan fingerprint density at radius 3 is 2.91 bits per heavy atom. The SMILES string of the molecule is NC(=O)c1cccnc1NC[C@H]1CC(=O)N(C2CCCC2)C1. The number of anilines is 1. The molecule has 3 rings (SSSR count). The van der Waals surface area contributed by atoms with E-state index in [1.165, 1.54) is 12.8 Å². The summed E-state index contributed by atoms with van der Waals surface area (Å²) in [6.45, 7) is 1.43. The number of aromatic nitrogens is 1. The number of carbonyl (C=O) groups excluding carboxylic acids is 2. The van der Waals surface area contributed by atoms with Gasteiger partial charge in [-0.3, -0.25) is 9.59 Å². The lowest BCUT2D eigenvalue weighted by Gasteiger charge is -2.24. The molecule has 0 spiro atoms. The molecule has 1 saturated carbocycles. The van der Waals surface area contributed by atoms with Gasteiger partial charge in [-0.05, 0) is 25.0 Å². The van der Waals surface area contributed by atoms with E-state index >= 15 is 0 Å². The maximum atomic E-state index is 12.2. The number of hydrogen-bond acceptors (Lipinski definition) is 4. The molecule has 2 fully saturated rings. The summed E-state index contributed by atoms with van der Waals surface area (Å²) in [5, 5.41) is 3.18. The first-order valence-corrected chi connectivity index (χ1v) is 7.93. The van der Waals surface area contributed by atoms with Crippen LogP contribution < -0.4 is 11.1 Å². The van der Waals surface area contributed by atoms with E-state index < -0.39 is 5.91 Å². The fourth-order valence-corrected chi connectivity index (χ4v) is 3.50. The van der Waals surface area contributed by atoms with Gasteiger partial charge in [0.2, 0.25) is 5.91 Å². The number of rotatable bonds is 5. The molecule has 0 radical (unpaired) electrons. The summed E-state index contributed by atoms with van der Waals surface area (Å²) in [6, 6.07) is 3.78. The number of likely N-dealkylation sites (tertiary alicyclic amines) is 1. The van der Waals surface area contributed by atoms with Crippen LogP contribution in [0, 0.1) is 5.92 Å². The molecule has 1 atom stereocenters. The number of primary amides is 1. The Labute approximate surface area is 130 Å². The number of hydrogen-bond donors (Lipinski definition) is 2. The fraction of sp³-hybridized carbons (Fsp3) is 0.562. The molecule has 1 saturated heterocycles. The normalized spacial score (nSPS) is 22.3. The average molecular weight is 302 g/mol. The second-order valence-corrected chi connectivity index (χ2v) is 6.20. The van der Waals surface area contributed by atoms with Crippen LogP contribution >= 0.6 is 0 Å². The van der Waals surface area contributed by atoms with E-state index in [1.807, 2.05) is 4.90 Å². The van der Waals surface area contributed by atoms with Gasteiger partial charge in [0, 0.05) is 37.7 Å². The van der Waals surface area contributed by atoms with Crippen LogP contribution in [0.4, 0.5) is 5.82 Å². The number of pyridine rings is 1. The number of amides is 2. The minimum absolute atomic E-state index is 0.259. The molecule has 2 amide bonds. The Morgan fingerprint density at radius 2 is 2.18 bits per heavy atom. The monoisotopic (exact) mass is 302 g/mol. The van der Waals surface area contributed by atoms with Crippen LogP contribution in [0.1, 0.15) is 42.5 Å². The van der Waals surface area contributed by atoms with Crippen LogP contribution in [0.2, 0.25) is 0 Å². The van der Waals surface area contributed by atoms with Crippen molar-refractivity contribution in [3.63, 3.8) is 0 Å². The van der Waals surface area contributed by atoms with Crippen LogP contribution in [0.3, 0.4) is 0 Å². The van der Waals surface area contributed by atoms with Crippen molar-refractivity contribution in [1.29, 1.82) is 0 Å². The highest BCUT2D eigenvalue weighted by molar-refractivity contribution is 5.97. The molecular formula is C16H22N4O2. The summed E-state index contributed by atoms with van der Waals surface area (Å²) in [6.07, 6.45) is 6.93. The summed E-state index contributed by atoms with van der Waals surface area (Å²) < 4.78 is 0. The van der Waals surface area contributed by atoms with E-state index in [-0.39, 0.29) is 11.8 Å². The van der Waals surface area contributed by atoms with Crippen LogP contribution in [0.5, 0.6) is 0 Å². The Bertz CT molecular complexity index is 569. The van der Waals surface area contributed by atoms with Gasteiger partial charge in [-0.15, -0.1) is 0 Å². The van der Waals surface area contributed by atoms with Crippen molar-refractivity contribution in [1.82, 2.24) is 9.88 Å². The molecule has 0 bridgehead atoms. The zero-order valence-electron chi connectivity index (χ0n) is 12.6. The third-order valence-electron chi connectivity index (χ3n) is 4.64. The molecule has 2 heterocycles. The van der Waals surface area contributed by atoms with E-state index in [0.717, 1.165) is 19.4 Å². The van der Waals surface area contributed by atoms with Gasteiger partial charge in [-0.2, -0.15) is 0 Å². The summed E-state index contributed by atoms with van der Waals surface area (Å²) in [5.74, 6) is 0.526. The maximum Gasteiger partial charge on any atom is 0.252 e. The lowest BCUT2D eigenvalue weighted by Crippen LogP contribution is -2.35. The molecule has 6 heteroatoms. The summed E-state index contributed by atoms with van der Waals surface area (Å²) in [7, 11) is 0. The molecule has 118 valence electrons. The van der Waals surface area contributed by atoms with Crippen molar-refractivity contribution in [2.75, 3.05) is 18.4 Å². The second kappa shape index (κ2) is 6.34. The van der Waals surface area contributed by atoms with Crippen LogP contribution in [-0.2, 0) is 4.79 Å². The Hall–Kier alpha value is -2.11. The number of nitrogens with two attached hydrogens (primary N) is 1. The lowest BCUT2D eigenvalue weighted by atomic mass is 10.1. The molecule has 0 unspecified atom stereocenters. The third kappa shape index (κ3) is 3.05. The van der Waals surface area contributed by atoms with E-state index in [0.29, 0.717) is 30.4 Å². The molecule has 3 N–H and O–H groups in total. The van der Waals surface area contributed by atoms with Gasteiger partial charge in [0.05, 0.1) is 5.56 Å². The maximum absolute atomic E-state index is 12.2. The number of nitrogens with one attached hydrogen (secondary N) is 1. The predicted octanol–water partition coefficient (Wildman–Crippen LogP) is 1.38. The van der Waals surface area contributed by atoms with Crippen molar-refractivity contribution in [2.45, 2.75) is 38.1 Å². The topological polar surface area (TPSA) is 88.3 Å². The summed E-state index contributed by atoms with van der Waals surface area (Å²) in [4.78, 5) is 29.8. The average Bonchev–Trinajstić information content (AvgIpc) is 3.14. The van der Waals surface area contributed by atoms with E-state index in [9.17, 15) is 9.59 Å². The highest BCUT2D eigenvalue weighted by atomic mass is 16.2. The van der Waals surface area contributed by atoms with Crippen LogP contribution in [0.25, 0.3) is 0 Å². The van der Waals surface area contributed by atoms with Gasteiger partial charge >= 0.3 is 0 Å². The quantitative estimate of drug-likeness (QED) is 0.860. The lowest BCUT2D eigenvalue weighted by molar-refractivity contribution is -0.129. The van der Waals surface area contributed by atoms with Gasteiger partial charge < -0.3 is 16.0 Å². The standard InChI is InChI=1S/C16H22N4O2/c17-15(22)13-6-3-7-18-16(13)19-9-11-8-14(21)20(10-11)12-4-1-2-5-12/h3,6-7,11-12H,1-2,4-5,8-10H2,(H2,17,22)(H,18,19)/t11-/m1/s1. The zero-order valence-corrected chi connectivity index (χ0v) is 12.6. The smallest absolute Gasteiger partial charge is 0.252 e. The molecule has 2 aliphatic rings. The molecule has 1 aromatic heterocycles. The first kappa shape index (κ1) is 14.8. The largest absolute Gasteiger partial charge is 0.369 e. The van der Waals surface area contributed by atoms with E-state index in [4.69, 9.17) is 5.73 Å². The molecular weight excluding hydrogens is 280 g/mol. The third-order valence-corrected chi connectivity index (χ3v) is 4.64. The minimum atomic E-state index is -0.495.